The zero-order valence-corrected chi connectivity index (χ0v) is 9.71. The second-order valence-electron chi connectivity index (χ2n) is 4.33. The van der Waals surface area contributed by atoms with E-state index in [-0.39, 0.29) is 0 Å². The molecular weight excluding hydrogens is 181 g/mol. The molecule has 1 aromatic heterocycles. The molecule has 1 aromatic rings. The molecule has 0 bridgehead atoms. The highest BCUT2D eigenvalue weighted by Crippen LogP contribution is 2.38. The van der Waals surface area contributed by atoms with Crippen LogP contribution in [0.15, 0.2) is 18.5 Å². The summed E-state index contributed by atoms with van der Waals surface area (Å²) in [5, 5.41) is 0. The van der Waals surface area contributed by atoms with E-state index in [1.807, 2.05) is 24.1 Å². The van der Waals surface area contributed by atoms with Crippen molar-refractivity contribution >= 4 is 7.14 Å². The Morgan fingerprint density at radius 3 is 2.46 bits per heavy atom. The first-order chi connectivity index (χ1) is 5.88. The Labute approximate surface area is 80.3 Å². The van der Waals surface area contributed by atoms with Crippen molar-refractivity contribution in [3.8, 4) is 0 Å². The lowest BCUT2D eigenvalue weighted by atomic mass is 10.1. The van der Waals surface area contributed by atoms with Crippen molar-refractivity contribution in [3.63, 3.8) is 0 Å². The van der Waals surface area contributed by atoms with Gasteiger partial charge in [0.25, 0.3) is 0 Å². The highest BCUT2D eigenvalue weighted by molar-refractivity contribution is 7.61. The largest absolute Gasteiger partial charge is 0.347 e. The van der Waals surface area contributed by atoms with E-state index in [2.05, 4.69) is 26.1 Å². The molecule has 3 heteroatoms. The second-order valence-corrected chi connectivity index (χ2v) is 7.76. The van der Waals surface area contributed by atoms with Gasteiger partial charge in [-0.15, -0.1) is 0 Å². The predicted molar refractivity (Wildman–Crippen MR) is 58.0 cm³/mol. The van der Waals surface area contributed by atoms with Crippen molar-refractivity contribution in [1.82, 2.24) is 4.57 Å². The fourth-order valence-corrected chi connectivity index (χ4v) is 2.24. The number of hydrogen-bond donors (Lipinski definition) is 0. The number of rotatable bonds is 3. The summed E-state index contributed by atoms with van der Waals surface area (Å²) in [6.07, 6.45) is 4.75. The van der Waals surface area contributed by atoms with Crippen LogP contribution in [0.1, 0.15) is 25.3 Å². The smallest absolute Gasteiger partial charge is 0.100 e. The lowest BCUT2D eigenvalue weighted by molar-refractivity contribution is 0.574. The SMILES string of the molecule is CC(C)c1ccn(CP(C)(C)=O)c1. The first kappa shape index (κ1) is 10.6. The Balaban J connectivity index is 2.75. The van der Waals surface area contributed by atoms with Crippen molar-refractivity contribution in [2.75, 3.05) is 13.3 Å². The van der Waals surface area contributed by atoms with Crippen LogP contribution in [0, 0.1) is 0 Å². The van der Waals surface area contributed by atoms with Gasteiger partial charge in [-0.3, -0.25) is 0 Å². The summed E-state index contributed by atoms with van der Waals surface area (Å²) in [6, 6.07) is 2.10. The average molecular weight is 199 g/mol. The Morgan fingerprint density at radius 1 is 1.46 bits per heavy atom. The Morgan fingerprint density at radius 2 is 2.08 bits per heavy atom. The molecule has 0 N–H and O–H groups in total. The Hall–Kier alpha value is -0.490. The molecule has 1 heterocycles. The molecule has 0 aliphatic rings. The Kier molecular flexibility index (Phi) is 3.02. The summed E-state index contributed by atoms with van der Waals surface area (Å²) in [4.78, 5) is 0. The summed E-state index contributed by atoms with van der Waals surface area (Å²) < 4.78 is 13.6. The highest BCUT2D eigenvalue weighted by Gasteiger charge is 2.08. The van der Waals surface area contributed by atoms with Gasteiger partial charge in [-0.2, -0.15) is 0 Å². The number of nitrogens with zero attached hydrogens (tertiary/aromatic N) is 1. The third-order valence-corrected chi connectivity index (χ3v) is 2.95. The van der Waals surface area contributed by atoms with Crippen LogP contribution in [0.2, 0.25) is 0 Å². The molecule has 0 unspecified atom stereocenters. The van der Waals surface area contributed by atoms with Gasteiger partial charge in [0.05, 0.1) is 6.29 Å². The highest BCUT2D eigenvalue weighted by atomic mass is 31.2. The van der Waals surface area contributed by atoms with Gasteiger partial charge in [0.1, 0.15) is 7.14 Å². The molecule has 0 saturated heterocycles. The van der Waals surface area contributed by atoms with Crippen molar-refractivity contribution in [3.05, 3.63) is 24.0 Å². The summed E-state index contributed by atoms with van der Waals surface area (Å²) in [7, 11) is -1.94. The molecule has 0 aliphatic carbocycles. The van der Waals surface area contributed by atoms with E-state index in [0.29, 0.717) is 12.2 Å². The van der Waals surface area contributed by atoms with Gasteiger partial charge in [-0.05, 0) is 30.9 Å². The minimum Gasteiger partial charge on any atom is -0.347 e. The zero-order valence-electron chi connectivity index (χ0n) is 8.82. The molecule has 13 heavy (non-hydrogen) atoms. The second kappa shape index (κ2) is 3.71. The van der Waals surface area contributed by atoms with Gasteiger partial charge in [0.15, 0.2) is 0 Å². The third kappa shape index (κ3) is 3.40. The fourth-order valence-electron chi connectivity index (χ4n) is 1.28. The summed E-state index contributed by atoms with van der Waals surface area (Å²) >= 11 is 0. The molecule has 0 saturated carbocycles. The lowest BCUT2D eigenvalue weighted by Crippen LogP contribution is -1.94. The predicted octanol–water partition coefficient (Wildman–Crippen LogP) is 3.19. The monoisotopic (exact) mass is 199 g/mol. The van der Waals surface area contributed by atoms with Crippen LogP contribution in [-0.4, -0.2) is 17.9 Å². The van der Waals surface area contributed by atoms with Crippen molar-refractivity contribution in [2.24, 2.45) is 0 Å². The van der Waals surface area contributed by atoms with Crippen molar-refractivity contribution in [1.29, 1.82) is 0 Å². The zero-order chi connectivity index (χ0) is 10.1. The molecule has 0 spiro atoms. The van der Waals surface area contributed by atoms with Crippen LogP contribution < -0.4 is 0 Å². The molecule has 0 atom stereocenters. The van der Waals surface area contributed by atoms with Gasteiger partial charge in [0, 0.05) is 12.4 Å². The van der Waals surface area contributed by atoms with Crippen LogP contribution >= 0.6 is 7.14 Å². The molecule has 74 valence electrons. The first-order valence-electron chi connectivity index (χ1n) is 4.58. The van der Waals surface area contributed by atoms with E-state index in [1.165, 1.54) is 5.56 Å². The topological polar surface area (TPSA) is 22.0 Å². The summed E-state index contributed by atoms with van der Waals surface area (Å²) in [6.45, 7) is 7.97. The van der Waals surface area contributed by atoms with Crippen LogP contribution in [0.5, 0.6) is 0 Å². The molecule has 0 aromatic carbocycles. The standard InChI is InChI=1S/C10H18NOP/c1-9(2)10-5-6-11(7-10)8-13(3,4)12/h5-7,9H,8H2,1-4H3. The number of hydrogen-bond acceptors (Lipinski definition) is 1. The summed E-state index contributed by atoms with van der Waals surface area (Å²) in [5.74, 6) is 0.550. The first-order valence-corrected chi connectivity index (χ1v) is 7.37. The number of aromatic nitrogens is 1. The molecule has 2 nitrogen and oxygen atoms in total. The van der Waals surface area contributed by atoms with Gasteiger partial charge < -0.3 is 9.13 Å². The van der Waals surface area contributed by atoms with Crippen molar-refractivity contribution < 1.29 is 4.57 Å². The van der Waals surface area contributed by atoms with Crippen LogP contribution in [0.25, 0.3) is 0 Å². The summed E-state index contributed by atoms with van der Waals surface area (Å²) in [5.41, 5.74) is 1.31. The van der Waals surface area contributed by atoms with E-state index in [0.717, 1.165) is 0 Å². The lowest BCUT2D eigenvalue weighted by Gasteiger charge is -2.07. The molecule has 0 amide bonds. The molecule has 1 rings (SSSR count). The van der Waals surface area contributed by atoms with E-state index >= 15 is 0 Å². The van der Waals surface area contributed by atoms with Gasteiger partial charge in [-0.25, -0.2) is 0 Å². The van der Waals surface area contributed by atoms with Gasteiger partial charge in [-0.1, -0.05) is 13.8 Å². The van der Waals surface area contributed by atoms with Gasteiger partial charge >= 0.3 is 0 Å². The molecule has 0 radical (unpaired) electrons. The van der Waals surface area contributed by atoms with E-state index in [4.69, 9.17) is 0 Å². The minimum absolute atomic E-state index is 0.550. The molecule has 0 aliphatic heterocycles. The van der Waals surface area contributed by atoms with Crippen LogP contribution in [-0.2, 0) is 10.9 Å². The Bertz CT molecular complexity index is 321. The average Bonchev–Trinajstić information content (AvgIpc) is 2.31. The third-order valence-electron chi connectivity index (χ3n) is 1.94. The van der Waals surface area contributed by atoms with Crippen molar-refractivity contribution in [2.45, 2.75) is 26.1 Å². The normalized spacial score (nSPS) is 12.4. The van der Waals surface area contributed by atoms with E-state index in [9.17, 15) is 4.57 Å². The van der Waals surface area contributed by atoms with Crippen LogP contribution in [0.4, 0.5) is 0 Å². The molecular formula is C10H18NOP. The van der Waals surface area contributed by atoms with E-state index < -0.39 is 7.14 Å². The molecule has 0 fully saturated rings. The maximum Gasteiger partial charge on any atom is 0.100 e. The fraction of sp³-hybridized carbons (Fsp3) is 0.600. The van der Waals surface area contributed by atoms with Gasteiger partial charge in [0.2, 0.25) is 0 Å². The quantitative estimate of drug-likeness (QED) is 0.685. The van der Waals surface area contributed by atoms with Crippen LogP contribution in [0.3, 0.4) is 0 Å². The maximum absolute atomic E-state index is 11.5. The minimum atomic E-state index is -1.94. The maximum atomic E-state index is 11.5. The van der Waals surface area contributed by atoms with E-state index in [1.54, 1.807) is 0 Å².